The average molecular weight is 372 g/mol. The van der Waals surface area contributed by atoms with Crippen molar-refractivity contribution in [2.45, 2.75) is 49.9 Å². The van der Waals surface area contributed by atoms with Crippen LogP contribution in [0, 0.1) is 6.92 Å². The van der Waals surface area contributed by atoms with Crippen molar-refractivity contribution in [1.29, 1.82) is 0 Å². The highest BCUT2D eigenvalue weighted by atomic mass is 32.2. The van der Waals surface area contributed by atoms with Gasteiger partial charge in [0.1, 0.15) is 11.9 Å². The number of ether oxygens (including phenoxy) is 1. The number of rotatable bonds is 6. The van der Waals surface area contributed by atoms with Gasteiger partial charge in [-0.05, 0) is 24.6 Å². The number of carbonyl (C=O) groups excluding carboxylic acids is 1. The van der Waals surface area contributed by atoms with E-state index < -0.39 is 0 Å². The van der Waals surface area contributed by atoms with Gasteiger partial charge in [-0.3, -0.25) is 4.79 Å². The van der Waals surface area contributed by atoms with Crippen molar-refractivity contribution < 1.29 is 9.53 Å². The summed E-state index contributed by atoms with van der Waals surface area (Å²) in [5, 5.41) is 0.558. The van der Waals surface area contributed by atoms with E-state index in [4.69, 9.17) is 4.74 Å². The van der Waals surface area contributed by atoms with Gasteiger partial charge in [-0.25, -0.2) is 4.98 Å². The normalized spacial score (nSPS) is 16.9. The summed E-state index contributed by atoms with van der Waals surface area (Å²) >= 11 is 1.83. The van der Waals surface area contributed by atoms with Gasteiger partial charge in [0.05, 0.1) is 13.0 Å². The molecule has 0 saturated carbocycles. The Morgan fingerprint density at radius 3 is 2.77 bits per heavy atom. The molecule has 1 saturated heterocycles. The van der Waals surface area contributed by atoms with Crippen LogP contribution in [-0.4, -0.2) is 45.2 Å². The molecule has 0 spiro atoms. The monoisotopic (exact) mass is 371 g/mol. The van der Waals surface area contributed by atoms with E-state index in [2.05, 4.69) is 48.1 Å². The van der Waals surface area contributed by atoms with Crippen molar-refractivity contribution in [1.82, 2.24) is 14.9 Å². The zero-order chi connectivity index (χ0) is 18.5. The molecule has 6 heteroatoms. The maximum absolute atomic E-state index is 12.6. The van der Waals surface area contributed by atoms with Crippen molar-refractivity contribution in [3.05, 3.63) is 47.9 Å². The first-order chi connectivity index (χ1) is 12.5. The van der Waals surface area contributed by atoms with E-state index in [1.807, 2.05) is 23.6 Å². The molecule has 1 aromatic heterocycles. The third-order valence-electron chi connectivity index (χ3n) is 4.19. The third kappa shape index (κ3) is 5.21. The molecule has 0 aliphatic carbocycles. The maximum Gasteiger partial charge on any atom is 0.227 e. The fraction of sp³-hybridized carbons (Fsp3) is 0.450. The number of aryl methyl sites for hydroxylation is 1. The van der Waals surface area contributed by atoms with Gasteiger partial charge in [-0.1, -0.05) is 26.0 Å². The molecular formula is C20H25N3O2S. The maximum atomic E-state index is 12.6. The standard InChI is InChI=1S/C20H25N3O2S/c1-14(2)26-18-6-4-16(5-7-18)12-20(24)23-11-9-17(13-23)25-19-8-10-21-15(3)22-19/h4-8,10,14,17H,9,11-13H2,1-3H3/t17-/m1/s1. The fourth-order valence-corrected chi connectivity index (χ4v) is 3.80. The summed E-state index contributed by atoms with van der Waals surface area (Å²) in [6.45, 7) is 7.54. The summed E-state index contributed by atoms with van der Waals surface area (Å²) in [6, 6.07) is 10.1. The molecule has 0 bridgehead atoms. The number of hydrogen-bond acceptors (Lipinski definition) is 5. The van der Waals surface area contributed by atoms with Gasteiger partial charge < -0.3 is 9.64 Å². The Balaban J connectivity index is 1.51. The molecule has 1 fully saturated rings. The lowest BCUT2D eigenvalue weighted by Gasteiger charge is -2.17. The lowest BCUT2D eigenvalue weighted by molar-refractivity contribution is -0.129. The topological polar surface area (TPSA) is 55.3 Å². The Bertz CT molecular complexity index is 749. The van der Waals surface area contributed by atoms with Crippen LogP contribution < -0.4 is 4.74 Å². The number of likely N-dealkylation sites (tertiary alicyclic amines) is 1. The second-order valence-corrected chi connectivity index (χ2v) is 8.45. The van der Waals surface area contributed by atoms with Crippen LogP contribution in [0.25, 0.3) is 0 Å². The summed E-state index contributed by atoms with van der Waals surface area (Å²) in [5.41, 5.74) is 1.05. The van der Waals surface area contributed by atoms with Crippen molar-refractivity contribution in [3.8, 4) is 5.88 Å². The highest BCUT2D eigenvalue weighted by Gasteiger charge is 2.27. The lowest BCUT2D eigenvalue weighted by Crippen LogP contribution is -2.32. The quantitative estimate of drug-likeness (QED) is 0.728. The lowest BCUT2D eigenvalue weighted by atomic mass is 10.1. The number of thioether (sulfide) groups is 1. The Labute approximate surface area is 159 Å². The first-order valence-corrected chi connectivity index (χ1v) is 9.87. The summed E-state index contributed by atoms with van der Waals surface area (Å²) in [5.74, 6) is 1.42. The van der Waals surface area contributed by atoms with Gasteiger partial charge in [0, 0.05) is 35.4 Å². The fourth-order valence-electron chi connectivity index (χ4n) is 2.97. The van der Waals surface area contributed by atoms with Crippen LogP contribution in [-0.2, 0) is 11.2 Å². The Morgan fingerprint density at radius 2 is 2.08 bits per heavy atom. The van der Waals surface area contributed by atoms with Crippen LogP contribution in [0.1, 0.15) is 31.7 Å². The van der Waals surface area contributed by atoms with Gasteiger partial charge in [-0.15, -0.1) is 11.8 Å². The van der Waals surface area contributed by atoms with Crippen molar-refractivity contribution >= 4 is 17.7 Å². The number of nitrogens with zero attached hydrogens (tertiary/aromatic N) is 3. The predicted octanol–water partition coefficient (Wildman–Crippen LogP) is 3.51. The SMILES string of the molecule is Cc1nccc(O[C@@H]2CCN(C(=O)Cc3ccc(SC(C)C)cc3)C2)n1. The van der Waals surface area contributed by atoms with Crippen molar-refractivity contribution in [2.24, 2.45) is 0 Å². The number of amides is 1. The first kappa shape index (κ1) is 18.7. The number of carbonyl (C=O) groups is 1. The van der Waals surface area contributed by atoms with E-state index in [0.29, 0.717) is 29.9 Å². The van der Waals surface area contributed by atoms with E-state index in [9.17, 15) is 4.79 Å². The molecule has 1 atom stereocenters. The van der Waals surface area contributed by atoms with Gasteiger partial charge >= 0.3 is 0 Å². The molecule has 2 heterocycles. The first-order valence-electron chi connectivity index (χ1n) is 8.99. The average Bonchev–Trinajstić information content (AvgIpc) is 3.05. The second-order valence-electron chi connectivity index (χ2n) is 6.80. The number of aromatic nitrogens is 2. The Morgan fingerprint density at radius 1 is 1.31 bits per heavy atom. The molecule has 1 aliphatic heterocycles. The second kappa shape index (κ2) is 8.54. The summed E-state index contributed by atoms with van der Waals surface area (Å²) in [4.78, 5) is 24.0. The number of benzene rings is 1. The summed E-state index contributed by atoms with van der Waals surface area (Å²) in [6.07, 6.45) is 2.96. The molecule has 0 radical (unpaired) electrons. The predicted molar refractivity (Wildman–Crippen MR) is 104 cm³/mol. The highest BCUT2D eigenvalue weighted by molar-refractivity contribution is 7.99. The van der Waals surface area contributed by atoms with Gasteiger partial charge in [0.15, 0.2) is 0 Å². The third-order valence-corrected chi connectivity index (χ3v) is 5.20. The minimum Gasteiger partial charge on any atom is -0.472 e. The van der Waals surface area contributed by atoms with Crippen molar-refractivity contribution in [2.75, 3.05) is 13.1 Å². The summed E-state index contributed by atoms with van der Waals surface area (Å²) < 4.78 is 5.89. The molecule has 138 valence electrons. The smallest absolute Gasteiger partial charge is 0.227 e. The molecule has 1 aliphatic rings. The Hall–Kier alpha value is -2.08. The van der Waals surface area contributed by atoms with E-state index in [1.165, 1.54) is 4.90 Å². The van der Waals surface area contributed by atoms with E-state index in [1.54, 1.807) is 12.3 Å². The molecule has 0 unspecified atom stereocenters. The zero-order valence-electron chi connectivity index (χ0n) is 15.5. The van der Waals surface area contributed by atoms with Crippen LogP contribution in [0.2, 0.25) is 0 Å². The van der Waals surface area contributed by atoms with Crippen molar-refractivity contribution in [3.63, 3.8) is 0 Å². The van der Waals surface area contributed by atoms with E-state index >= 15 is 0 Å². The largest absolute Gasteiger partial charge is 0.472 e. The van der Waals surface area contributed by atoms with E-state index in [-0.39, 0.29) is 12.0 Å². The molecule has 1 aromatic carbocycles. The van der Waals surface area contributed by atoms with Gasteiger partial charge in [-0.2, -0.15) is 4.98 Å². The minimum atomic E-state index is -0.00179. The molecule has 3 rings (SSSR count). The highest BCUT2D eigenvalue weighted by Crippen LogP contribution is 2.23. The van der Waals surface area contributed by atoms with Gasteiger partial charge in [0.25, 0.3) is 0 Å². The number of hydrogen-bond donors (Lipinski definition) is 0. The van der Waals surface area contributed by atoms with E-state index in [0.717, 1.165) is 18.5 Å². The molecule has 5 nitrogen and oxygen atoms in total. The van der Waals surface area contributed by atoms with Crippen LogP contribution in [0.15, 0.2) is 41.4 Å². The van der Waals surface area contributed by atoms with Crippen LogP contribution in [0.4, 0.5) is 0 Å². The van der Waals surface area contributed by atoms with Crippen LogP contribution in [0.3, 0.4) is 0 Å². The minimum absolute atomic E-state index is 0.00179. The molecular weight excluding hydrogens is 346 g/mol. The Kier molecular flexibility index (Phi) is 6.14. The molecule has 26 heavy (non-hydrogen) atoms. The zero-order valence-corrected chi connectivity index (χ0v) is 16.3. The molecule has 2 aromatic rings. The molecule has 1 amide bonds. The van der Waals surface area contributed by atoms with Crippen LogP contribution >= 0.6 is 11.8 Å². The van der Waals surface area contributed by atoms with Crippen LogP contribution in [0.5, 0.6) is 5.88 Å². The molecule has 0 N–H and O–H groups in total. The van der Waals surface area contributed by atoms with Gasteiger partial charge in [0.2, 0.25) is 11.8 Å². The summed E-state index contributed by atoms with van der Waals surface area (Å²) in [7, 11) is 0.